The lowest BCUT2D eigenvalue weighted by Crippen LogP contribution is -1.99. The number of aryl methyl sites for hydroxylation is 1. The van der Waals surface area contributed by atoms with E-state index in [4.69, 9.17) is 4.74 Å². The molecule has 0 amide bonds. The lowest BCUT2D eigenvalue weighted by molar-refractivity contribution is 0.304. The highest BCUT2D eigenvalue weighted by Crippen LogP contribution is 2.17. The van der Waals surface area contributed by atoms with Crippen molar-refractivity contribution in [2.75, 3.05) is 6.61 Å². The van der Waals surface area contributed by atoms with Crippen LogP contribution >= 0.6 is 0 Å². The SMILES string of the molecule is O=c1[nH]c(Cc2ccc(OCCCCCCCCn3ccc4ccccc43)cc2)no1. The number of rotatable bonds is 12. The zero-order chi connectivity index (χ0) is 21.3. The van der Waals surface area contributed by atoms with Gasteiger partial charge in [-0.2, -0.15) is 0 Å². The van der Waals surface area contributed by atoms with E-state index in [0.29, 0.717) is 12.2 Å². The van der Waals surface area contributed by atoms with Gasteiger partial charge in [-0.3, -0.25) is 9.51 Å². The summed E-state index contributed by atoms with van der Waals surface area (Å²) in [6.45, 7) is 1.84. The van der Waals surface area contributed by atoms with E-state index >= 15 is 0 Å². The number of para-hydroxylation sites is 1. The third kappa shape index (κ3) is 6.10. The Morgan fingerprint density at radius 2 is 1.68 bits per heavy atom. The molecular weight excluding hydrogens is 390 g/mol. The first-order chi connectivity index (χ1) is 15.3. The third-order valence-corrected chi connectivity index (χ3v) is 5.52. The summed E-state index contributed by atoms with van der Waals surface area (Å²) in [4.78, 5) is 13.5. The van der Waals surface area contributed by atoms with E-state index in [2.05, 4.69) is 55.8 Å². The highest BCUT2D eigenvalue weighted by atomic mass is 16.5. The monoisotopic (exact) mass is 419 g/mol. The van der Waals surface area contributed by atoms with Gasteiger partial charge in [0.1, 0.15) is 5.75 Å². The number of hydrogen-bond acceptors (Lipinski definition) is 4. The second-order valence-corrected chi connectivity index (χ2v) is 7.90. The van der Waals surface area contributed by atoms with Crippen LogP contribution in [0.4, 0.5) is 0 Å². The van der Waals surface area contributed by atoms with Crippen molar-refractivity contribution in [3.05, 3.63) is 82.7 Å². The summed E-state index contributed by atoms with van der Waals surface area (Å²) < 4.78 is 12.7. The first-order valence-electron chi connectivity index (χ1n) is 11.1. The summed E-state index contributed by atoms with van der Waals surface area (Å²) in [5.41, 5.74) is 2.38. The Labute approximate surface area is 181 Å². The summed E-state index contributed by atoms with van der Waals surface area (Å²) in [6, 6.07) is 18.6. The van der Waals surface area contributed by atoms with Gasteiger partial charge in [-0.1, -0.05) is 61.2 Å². The van der Waals surface area contributed by atoms with Crippen LogP contribution in [0.2, 0.25) is 0 Å². The summed E-state index contributed by atoms with van der Waals surface area (Å²) >= 11 is 0. The molecule has 4 rings (SSSR count). The number of unbranched alkanes of at least 4 members (excludes halogenated alkanes) is 5. The van der Waals surface area contributed by atoms with Gasteiger partial charge in [0.15, 0.2) is 5.82 Å². The van der Waals surface area contributed by atoms with Crippen LogP contribution in [0.1, 0.15) is 49.9 Å². The number of nitrogens with zero attached hydrogens (tertiary/aromatic N) is 2. The minimum absolute atomic E-state index is 0.524. The zero-order valence-corrected chi connectivity index (χ0v) is 17.8. The van der Waals surface area contributed by atoms with Crippen molar-refractivity contribution in [3.8, 4) is 5.75 Å². The van der Waals surface area contributed by atoms with Crippen molar-refractivity contribution in [2.24, 2.45) is 0 Å². The fourth-order valence-electron chi connectivity index (χ4n) is 3.85. The van der Waals surface area contributed by atoms with Crippen LogP contribution in [0.5, 0.6) is 5.75 Å². The van der Waals surface area contributed by atoms with Crippen LogP contribution in [-0.2, 0) is 13.0 Å². The minimum atomic E-state index is -0.524. The number of benzene rings is 2. The van der Waals surface area contributed by atoms with E-state index in [1.807, 2.05) is 24.3 Å². The van der Waals surface area contributed by atoms with Gasteiger partial charge in [0, 0.05) is 24.7 Å². The van der Waals surface area contributed by atoms with Crippen LogP contribution in [-0.4, -0.2) is 21.3 Å². The maximum Gasteiger partial charge on any atom is 0.438 e. The van der Waals surface area contributed by atoms with Crippen molar-refractivity contribution in [1.82, 2.24) is 14.7 Å². The summed E-state index contributed by atoms with van der Waals surface area (Å²) in [7, 11) is 0. The van der Waals surface area contributed by atoms with Gasteiger partial charge < -0.3 is 9.30 Å². The standard InChI is InChI=1S/C25H29N3O3/c29-25-26-24(27-31-25)19-20-11-13-22(14-12-20)30-18-8-4-2-1-3-7-16-28-17-15-21-9-5-6-10-23(21)28/h5-6,9-15,17H,1-4,7-8,16,18-19H2,(H,26,27,29). The molecule has 6 heteroatoms. The molecule has 0 aliphatic carbocycles. The molecule has 0 spiro atoms. The molecule has 0 bridgehead atoms. The largest absolute Gasteiger partial charge is 0.494 e. The van der Waals surface area contributed by atoms with E-state index in [9.17, 15) is 4.79 Å². The second-order valence-electron chi connectivity index (χ2n) is 7.90. The molecule has 0 unspecified atom stereocenters. The van der Waals surface area contributed by atoms with E-state index in [0.717, 1.165) is 30.9 Å². The van der Waals surface area contributed by atoms with Gasteiger partial charge in [-0.15, -0.1) is 0 Å². The van der Waals surface area contributed by atoms with Crippen molar-refractivity contribution >= 4 is 10.9 Å². The normalized spacial score (nSPS) is 11.2. The number of hydrogen-bond donors (Lipinski definition) is 1. The molecule has 0 saturated heterocycles. The van der Waals surface area contributed by atoms with Crippen molar-refractivity contribution < 1.29 is 9.26 Å². The highest BCUT2D eigenvalue weighted by Gasteiger charge is 2.03. The Bertz CT molecular complexity index is 1120. The van der Waals surface area contributed by atoms with Crippen molar-refractivity contribution in [1.29, 1.82) is 0 Å². The maximum atomic E-state index is 11.0. The van der Waals surface area contributed by atoms with Gasteiger partial charge in [0.05, 0.1) is 6.61 Å². The predicted octanol–water partition coefficient (Wildman–Crippen LogP) is 5.33. The molecule has 0 aliphatic heterocycles. The molecule has 31 heavy (non-hydrogen) atoms. The van der Waals surface area contributed by atoms with Crippen LogP contribution < -0.4 is 10.5 Å². The number of ether oxygens (including phenoxy) is 1. The Morgan fingerprint density at radius 1 is 0.903 bits per heavy atom. The highest BCUT2D eigenvalue weighted by molar-refractivity contribution is 5.79. The lowest BCUT2D eigenvalue weighted by atomic mass is 10.1. The molecule has 1 N–H and O–H groups in total. The van der Waals surface area contributed by atoms with Crippen LogP contribution in [0.15, 0.2) is 70.1 Å². The Balaban J connectivity index is 1.05. The van der Waals surface area contributed by atoms with E-state index in [1.54, 1.807) is 0 Å². The molecule has 0 atom stereocenters. The smallest absolute Gasteiger partial charge is 0.438 e. The Morgan fingerprint density at radius 3 is 2.48 bits per heavy atom. The molecule has 0 saturated carbocycles. The number of nitrogens with one attached hydrogen (secondary N) is 1. The zero-order valence-electron chi connectivity index (χ0n) is 17.8. The minimum Gasteiger partial charge on any atom is -0.494 e. The fourth-order valence-corrected chi connectivity index (χ4v) is 3.85. The first-order valence-corrected chi connectivity index (χ1v) is 11.1. The third-order valence-electron chi connectivity index (χ3n) is 5.52. The number of aromatic amines is 1. The second kappa shape index (κ2) is 10.7. The molecule has 2 aromatic heterocycles. The molecule has 2 heterocycles. The molecule has 0 radical (unpaired) electrons. The lowest BCUT2D eigenvalue weighted by Gasteiger charge is -2.07. The van der Waals surface area contributed by atoms with E-state index in [-0.39, 0.29) is 0 Å². The van der Waals surface area contributed by atoms with Crippen molar-refractivity contribution in [2.45, 2.75) is 51.5 Å². The van der Waals surface area contributed by atoms with Gasteiger partial charge in [0.25, 0.3) is 0 Å². The molecule has 0 aliphatic rings. The Hall–Kier alpha value is -3.28. The predicted molar refractivity (Wildman–Crippen MR) is 122 cm³/mol. The van der Waals surface area contributed by atoms with Gasteiger partial charge in [0.2, 0.25) is 0 Å². The van der Waals surface area contributed by atoms with Crippen molar-refractivity contribution in [3.63, 3.8) is 0 Å². The van der Waals surface area contributed by atoms with Gasteiger partial charge in [-0.25, -0.2) is 4.79 Å². The summed E-state index contributed by atoms with van der Waals surface area (Å²) in [6.07, 6.45) is 10.0. The topological polar surface area (TPSA) is 73.1 Å². The molecule has 0 fully saturated rings. The van der Waals surface area contributed by atoms with E-state index in [1.165, 1.54) is 43.0 Å². The fraction of sp³-hybridized carbons (Fsp3) is 0.360. The summed E-state index contributed by atoms with van der Waals surface area (Å²) in [5, 5.41) is 5.00. The van der Waals surface area contributed by atoms with Gasteiger partial charge >= 0.3 is 5.76 Å². The summed E-state index contributed by atoms with van der Waals surface area (Å²) in [5.74, 6) is 0.876. The number of H-pyrrole nitrogens is 1. The Kier molecular flexibility index (Phi) is 7.21. The molecule has 4 aromatic rings. The van der Waals surface area contributed by atoms with E-state index < -0.39 is 5.76 Å². The molecule has 2 aromatic carbocycles. The van der Waals surface area contributed by atoms with Crippen LogP contribution in [0.3, 0.4) is 0 Å². The van der Waals surface area contributed by atoms with Crippen LogP contribution in [0, 0.1) is 0 Å². The first kappa shape index (κ1) is 21.0. The quantitative estimate of drug-likeness (QED) is 0.315. The molecular formula is C25H29N3O3. The molecule has 6 nitrogen and oxygen atoms in total. The average Bonchev–Trinajstić information content (AvgIpc) is 3.39. The average molecular weight is 420 g/mol. The number of fused-ring (bicyclic) bond motifs is 1. The van der Waals surface area contributed by atoms with Gasteiger partial charge in [-0.05, 0) is 48.1 Å². The number of aromatic nitrogens is 3. The molecule has 162 valence electrons. The maximum absolute atomic E-state index is 11.0. The van der Waals surface area contributed by atoms with Crippen LogP contribution in [0.25, 0.3) is 10.9 Å².